The number of carbonyl (C=O) groups is 1. The maximum atomic E-state index is 12.5. The van der Waals surface area contributed by atoms with Crippen LogP contribution in [0.4, 0.5) is 0 Å². The van der Waals surface area contributed by atoms with E-state index < -0.39 is 5.97 Å². The van der Waals surface area contributed by atoms with E-state index in [1.54, 1.807) is 22.3 Å². The number of hydrogen-bond donors (Lipinski definition) is 0. The summed E-state index contributed by atoms with van der Waals surface area (Å²) in [5.41, 5.74) is 2.64. The molecule has 0 spiro atoms. The average molecular weight is 521 g/mol. The SMILES string of the molecule is CCOC(=O)c1nn(-c2ccccc2)cc1/C=C/c1nn2c(-c3cccc(Br)c3)nnc2s1. The molecule has 5 aromatic rings. The maximum absolute atomic E-state index is 12.5. The van der Waals surface area contributed by atoms with E-state index in [2.05, 4.69) is 36.3 Å². The number of fused-ring (bicyclic) bond motifs is 1. The number of halogens is 1. The fourth-order valence-electron chi connectivity index (χ4n) is 3.25. The molecular weight excluding hydrogens is 504 g/mol. The summed E-state index contributed by atoms with van der Waals surface area (Å²) in [4.78, 5) is 13.2. The molecule has 3 heterocycles. The Morgan fingerprint density at radius 3 is 2.73 bits per heavy atom. The molecule has 8 nitrogen and oxygen atoms in total. The van der Waals surface area contributed by atoms with Gasteiger partial charge < -0.3 is 4.74 Å². The van der Waals surface area contributed by atoms with Crippen LogP contribution in [-0.4, -0.2) is 42.2 Å². The van der Waals surface area contributed by atoms with Crippen molar-refractivity contribution >= 4 is 50.3 Å². The summed E-state index contributed by atoms with van der Waals surface area (Å²) in [6.07, 6.45) is 5.44. The third-order valence-electron chi connectivity index (χ3n) is 4.73. The number of para-hydroxylation sites is 1. The number of rotatable bonds is 6. The summed E-state index contributed by atoms with van der Waals surface area (Å²) in [7, 11) is 0. The van der Waals surface area contributed by atoms with Gasteiger partial charge in [0.15, 0.2) is 11.5 Å². The summed E-state index contributed by atoms with van der Waals surface area (Å²) < 4.78 is 9.52. The van der Waals surface area contributed by atoms with Gasteiger partial charge in [0.2, 0.25) is 4.96 Å². The van der Waals surface area contributed by atoms with Crippen molar-refractivity contribution in [2.75, 3.05) is 6.61 Å². The van der Waals surface area contributed by atoms with Crippen LogP contribution in [0.15, 0.2) is 65.3 Å². The number of aromatic nitrogens is 6. The highest BCUT2D eigenvalue weighted by atomic mass is 79.9. The molecule has 33 heavy (non-hydrogen) atoms. The van der Waals surface area contributed by atoms with Gasteiger partial charge >= 0.3 is 5.97 Å². The number of ether oxygens (including phenoxy) is 1. The molecule has 2 aromatic carbocycles. The summed E-state index contributed by atoms with van der Waals surface area (Å²) >= 11 is 4.88. The molecule has 5 rings (SSSR count). The minimum absolute atomic E-state index is 0.245. The highest BCUT2D eigenvalue weighted by molar-refractivity contribution is 9.10. The van der Waals surface area contributed by atoms with Crippen LogP contribution in [0.1, 0.15) is 28.0 Å². The first-order chi connectivity index (χ1) is 16.1. The van der Waals surface area contributed by atoms with Crippen LogP contribution in [0.5, 0.6) is 0 Å². The van der Waals surface area contributed by atoms with Gasteiger partial charge in [-0.25, -0.2) is 9.48 Å². The molecule has 164 valence electrons. The Bertz CT molecular complexity index is 1470. The highest BCUT2D eigenvalue weighted by Gasteiger charge is 2.18. The molecule has 0 aliphatic rings. The van der Waals surface area contributed by atoms with Crippen molar-refractivity contribution < 1.29 is 9.53 Å². The summed E-state index contributed by atoms with van der Waals surface area (Å²) in [5, 5.41) is 18.3. The summed E-state index contributed by atoms with van der Waals surface area (Å²) in [6, 6.07) is 17.4. The number of hydrogen-bond acceptors (Lipinski definition) is 7. The van der Waals surface area contributed by atoms with Crippen LogP contribution in [0.3, 0.4) is 0 Å². The zero-order valence-electron chi connectivity index (χ0n) is 17.4. The predicted octanol–water partition coefficient (Wildman–Crippen LogP) is 5.15. The van der Waals surface area contributed by atoms with E-state index in [1.807, 2.05) is 66.7 Å². The molecule has 0 saturated carbocycles. The molecule has 0 fully saturated rings. The minimum Gasteiger partial charge on any atom is -0.461 e. The third kappa shape index (κ3) is 4.35. The molecule has 0 N–H and O–H groups in total. The zero-order chi connectivity index (χ0) is 22.8. The highest BCUT2D eigenvalue weighted by Crippen LogP contribution is 2.25. The second kappa shape index (κ2) is 9.08. The lowest BCUT2D eigenvalue weighted by molar-refractivity contribution is 0.0518. The van der Waals surface area contributed by atoms with Crippen molar-refractivity contribution in [2.24, 2.45) is 0 Å². The van der Waals surface area contributed by atoms with Crippen LogP contribution >= 0.6 is 27.3 Å². The van der Waals surface area contributed by atoms with Gasteiger partial charge in [0.25, 0.3) is 0 Å². The molecule has 0 amide bonds. The van der Waals surface area contributed by atoms with Crippen molar-refractivity contribution in [1.82, 2.24) is 29.6 Å². The topological polar surface area (TPSA) is 87.2 Å². The van der Waals surface area contributed by atoms with E-state index in [1.165, 1.54) is 11.3 Å². The van der Waals surface area contributed by atoms with Crippen molar-refractivity contribution in [3.05, 3.63) is 81.5 Å². The Morgan fingerprint density at radius 2 is 1.94 bits per heavy atom. The van der Waals surface area contributed by atoms with Crippen LogP contribution in [0.2, 0.25) is 0 Å². The number of carbonyl (C=O) groups excluding carboxylic acids is 1. The molecule has 0 bridgehead atoms. The van der Waals surface area contributed by atoms with E-state index >= 15 is 0 Å². The van der Waals surface area contributed by atoms with Crippen molar-refractivity contribution in [1.29, 1.82) is 0 Å². The van der Waals surface area contributed by atoms with E-state index in [-0.39, 0.29) is 12.3 Å². The predicted molar refractivity (Wildman–Crippen MR) is 130 cm³/mol. The fourth-order valence-corrected chi connectivity index (χ4v) is 4.39. The van der Waals surface area contributed by atoms with E-state index in [0.29, 0.717) is 16.3 Å². The van der Waals surface area contributed by atoms with Gasteiger partial charge in [-0.1, -0.05) is 57.6 Å². The monoisotopic (exact) mass is 520 g/mol. The van der Waals surface area contributed by atoms with Gasteiger partial charge in [0.05, 0.1) is 12.3 Å². The quantitative estimate of drug-likeness (QED) is 0.288. The van der Waals surface area contributed by atoms with Crippen molar-refractivity contribution in [3.63, 3.8) is 0 Å². The van der Waals surface area contributed by atoms with Gasteiger partial charge in [-0.15, -0.1) is 10.2 Å². The molecule has 0 aliphatic carbocycles. The molecule has 0 saturated heterocycles. The van der Waals surface area contributed by atoms with E-state index in [0.717, 1.165) is 20.7 Å². The van der Waals surface area contributed by atoms with Gasteiger partial charge in [0, 0.05) is 21.8 Å². The van der Waals surface area contributed by atoms with Crippen LogP contribution in [0.25, 0.3) is 34.2 Å². The molecular formula is C23H17BrN6O2S. The molecule has 0 aliphatic heterocycles. The van der Waals surface area contributed by atoms with Gasteiger partial charge in [-0.2, -0.15) is 14.7 Å². The van der Waals surface area contributed by atoms with E-state index in [9.17, 15) is 4.79 Å². The zero-order valence-corrected chi connectivity index (χ0v) is 19.8. The first-order valence-corrected chi connectivity index (χ1v) is 11.7. The lowest BCUT2D eigenvalue weighted by atomic mass is 10.2. The van der Waals surface area contributed by atoms with Gasteiger partial charge in [-0.05, 0) is 43.3 Å². The van der Waals surface area contributed by atoms with Crippen molar-refractivity contribution in [2.45, 2.75) is 6.92 Å². The fraction of sp³-hybridized carbons (Fsp3) is 0.0870. The lowest BCUT2D eigenvalue weighted by Gasteiger charge is -2.00. The number of benzene rings is 2. The summed E-state index contributed by atoms with van der Waals surface area (Å²) in [6.45, 7) is 2.04. The Labute approximate surface area is 201 Å². The molecule has 3 aromatic heterocycles. The lowest BCUT2D eigenvalue weighted by Crippen LogP contribution is -2.07. The largest absolute Gasteiger partial charge is 0.461 e. The molecule has 0 radical (unpaired) electrons. The van der Waals surface area contributed by atoms with Gasteiger partial charge in [-0.3, -0.25) is 0 Å². The Morgan fingerprint density at radius 1 is 1.09 bits per heavy atom. The molecule has 0 atom stereocenters. The number of esters is 1. The molecule has 10 heteroatoms. The smallest absolute Gasteiger partial charge is 0.359 e. The van der Waals surface area contributed by atoms with E-state index in [4.69, 9.17) is 4.74 Å². The normalized spacial score (nSPS) is 11.5. The second-order valence-electron chi connectivity index (χ2n) is 6.94. The Hall–Kier alpha value is -3.63. The van der Waals surface area contributed by atoms with Crippen LogP contribution in [0, 0.1) is 0 Å². The number of nitrogens with zero attached hydrogens (tertiary/aromatic N) is 6. The van der Waals surface area contributed by atoms with Crippen LogP contribution in [-0.2, 0) is 4.74 Å². The Kier molecular flexibility index (Phi) is 5.84. The first kappa shape index (κ1) is 21.2. The van der Waals surface area contributed by atoms with Crippen molar-refractivity contribution in [3.8, 4) is 17.1 Å². The first-order valence-electron chi connectivity index (χ1n) is 10.1. The minimum atomic E-state index is -0.470. The third-order valence-corrected chi connectivity index (χ3v) is 6.08. The maximum Gasteiger partial charge on any atom is 0.359 e. The Balaban J connectivity index is 1.49. The van der Waals surface area contributed by atoms with Crippen LogP contribution < -0.4 is 0 Å². The standard InChI is InChI=1S/C23H17BrN6O2S/c1-2-32-22(31)20-16(14-29(28-20)18-9-4-3-5-10-18)11-12-19-27-30-21(25-26-23(30)33-19)15-7-6-8-17(24)13-15/h3-14H,2H2,1H3/b12-11+. The molecule has 0 unspecified atom stereocenters. The average Bonchev–Trinajstić information content (AvgIpc) is 3.52. The summed E-state index contributed by atoms with van der Waals surface area (Å²) in [5.74, 6) is 0.188. The van der Waals surface area contributed by atoms with Gasteiger partial charge in [0.1, 0.15) is 5.01 Å². The second-order valence-corrected chi connectivity index (χ2v) is 8.84.